The minimum Gasteiger partial charge on any atom is -0.359 e. The lowest BCUT2D eigenvalue weighted by molar-refractivity contribution is 0.372. The van der Waals surface area contributed by atoms with Gasteiger partial charge in [-0.25, -0.2) is 0 Å². The number of aliphatic imine (C=N–C) groups is 1. The molecule has 5 nitrogen and oxygen atoms in total. The van der Waals surface area contributed by atoms with Crippen LogP contribution in [0.4, 0.5) is 0 Å². The molecule has 2 rings (SSSR count). The second kappa shape index (κ2) is 7.72. The smallest absolute Gasteiger partial charge is 0.191 e. The first-order valence-electron chi connectivity index (χ1n) is 6.59. The van der Waals surface area contributed by atoms with Crippen molar-refractivity contribution in [1.82, 2.24) is 15.8 Å². The van der Waals surface area contributed by atoms with E-state index < -0.39 is 0 Å². The van der Waals surface area contributed by atoms with Gasteiger partial charge in [-0.3, -0.25) is 4.99 Å². The van der Waals surface area contributed by atoms with Gasteiger partial charge in [-0.05, 0) is 24.7 Å². The van der Waals surface area contributed by atoms with Crippen molar-refractivity contribution in [2.75, 3.05) is 13.6 Å². The third-order valence-corrected chi connectivity index (χ3v) is 3.08. The van der Waals surface area contributed by atoms with E-state index in [1.807, 2.05) is 6.07 Å². The highest BCUT2D eigenvalue weighted by Gasteiger charge is 2.21. The summed E-state index contributed by atoms with van der Waals surface area (Å²) in [5.41, 5.74) is 0.993. The Hall–Kier alpha value is -0.790. The van der Waals surface area contributed by atoms with Crippen LogP contribution < -0.4 is 10.6 Å². The van der Waals surface area contributed by atoms with Crippen LogP contribution in [0.3, 0.4) is 0 Å². The molecule has 6 heteroatoms. The first-order valence-corrected chi connectivity index (χ1v) is 6.59. The highest BCUT2D eigenvalue weighted by Crippen LogP contribution is 2.27. The summed E-state index contributed by atoms with van der Waals surface area (Å²) in [6, 6.07) is 1.99. The molecule has 1 fully saturated rings. The summed E-state index contributed by atoms with van der Waals surface area (Å²) in [5.74, 6) is 2.90. The number of guanidine groups is 1. The molecular formula is C13H23IN4O. The molecule has 1 aromatic rings. The van der Waals surface area contributed by atoms with Crippen molar-refractivity contribution in [3.05, 3.63) is 17.5 Å². The number of nitrogens with zero attached hydrogens (tertiary/aromatic N) is 2. The third-order valence-electron chi connectivity index (χ3n) is 3.08. The molecule has 0 unspecified atom stereocenters. The number of halogens is 1. The van der Waals surface area contributed by atoms with E-state index in [2.05, 4.69) is 34.6 Å². The van der Waals surface area contributed by atoms with Gasteiger partial charge in [0, 0.05) is 19.7 Å². The van der Waals surface area contributed by atoms with Crippen molar-refractivity contribution < 1.29 is 4.52 Å². The summed E-state index contributed by atoms with van der Waals surface area (Å²) < 4.78 is 5.26. The Morgan fingerprint density at radius 1 is 1.47 bits per heavy atom. The molecule has 108 valence electrons. The highest BCUT2D eigenvalue weighted by atomic mass is 127. The first kappa shape index (κ1) is 16.3. The fourth-order valence-corrected chi connectivity index (χ4v) is 1.64. The molecule has 1 saturated carbocycles. The molecule has 2 N–H and O–H groups in total. The van der Waals surface area contributed by atoms with Crippen LogP contribution in [0.2, 0.25) is 0 Å². The first-order chi connectivity index (χ1) is 8.69. The molecule has 0 spiro atoms. The number of rotatable bonds is 5. The van der Waals surface area contributed by atoms with Crippen LogP contribution in [0.25, 0.3) is 0 Å². The molecule has 0 aliphatic heterocycles. The lowest BCUT2D eigenvalue weighted by Gasteiger charge is -2.09. The van der Waals surface area contributed by atoms with Crippen LogP contribution in [0, 0.1) is 5.92 Å². The summed E-state index contributed by atoms with van der Waals surface area (Å²) in [4.78, 5) is 4.18. The SMILES string of the molecule is CN=C(NCc1cc(C(C)C)no1)NCC1CC1.I. The molecule has 0 radical (unpaired) electrons. The maximum atomic E-state index is 5.26. The van der Waals surface area contributed by atoms with Gasteiger partial charge in [0.05, 0.1) is 12.2 Å². The number of nitrogens with one attached hydrogen (secondary N) is 2. The van der Waals surface area contributed by atoms with E-state index in [9.17, 15) is 0 Å². The Kier molecular flexibility index (Phi) is 6.60. The largest absolute Gasteiger partial charge is 0.359 e. The van der Waals surface area contributed by atoms with Gasteiger partial charge in [-0.1, -0.05) is 19.0 Å². The topological polar surface area (TPSA) is 62.5 Å². The van der Waals surface area contributed by atoms with E-state index in [1.54, 1.807) is 7.05 Å². The van der Waals surface area contributed by atoms with Crippen LogP contribution in [-0.4, -0.2) is 24.7 Å². The number of hydrogen-bond acceptors (Lipinski definition) is 3. The summed E-state index contributed by atoms with van der Waals surface area (Å²) in [5, 5.41) is 10.6. The van der Waals surface area contributed by atoms with E-state index in [1.165, 1.54) is 12.8 Å². The van der Waals surface area contributed by atoms with Crippen LogP contribution in [0.15, 0.2) is 15.6 Å². The fourth-order valence-electron chi connectivity index (χ4n) is 1.64. The van der Waals surface area contributed by atoms with Crippen molar-refractivity contribution in [2.45, 2.75) is 39.2 Å². The predicted molar refractivity (Wildman–Crippen MR) is 86.9 cm³/mol. The third kappa shape index (κ3) is 5.38. The van der Waals surface area contributed by atoms with E-state index in [0.717, 1.165) is 29.9 Å². The van der Waals surface area contributed by atoms with Gasteiger partial charge in [0.2, 0.25) is 0 Å². The molecule has 0 saturated heterocycles. The van der Waals surface area contributed by atoms with Gasteiger partial charge in [-0.15, -0.1) is 24.0 Å². The summed E-state index contributed by atoms with van der Waals surface area (Å²) in [7, 11) is 1.78. The lowest BCUT2D eigenvalue weighted by atomic mass is 10.1. The molecule has 0 atom stereocenters. The Morgan fingerprint density at radius 3 is 2.74 bits per heavy atom. The molecule has 1 aliphatic rings. The number of aromatic nitrogens is 1. The van der Waals surface area contributed by atoms with E-state index in [0.29, 0.717) is 12.5 Å². The number of hydrogen-bond donors (Lipinski definition) is 2. The zero-order valence-corrected chi connectivity index (χ0v) is 14.1. The van der Waals surface area contributed by atoms with Crippen molar-refractivity contribution in [1.29, 1.82) is 0 Å². The van der Waals surface area contributed by atoms with Gasteiger partial charge in [0.25, 0.3) is 0 Å². The van der Waals surface area contributed by atoms with Crippen LogP contribution >= 0.6 is 24.0 Å². The van der Waals surface area contributed by atoms with Crippen molar-refractivity contribution in [2.24, 2.45) is 10.9 Å². The van der Waals surface area contributed by atoms with Crippen molar-refractivity contribution in [3.8, 4) is 0 Å². The van der Waals surface area contributed by atoms with Crippen LogP contribution in [0.1, 0.15) is 44.1 Å². The maximum Gasteiger partial charge on any atom is 0.191 e. The van der Waals surface area contributed by atoms with Gasteiger partial charge in [0.15, 0.2) is 11.7 Å². The minimum absolute atomic E-state index is 0. The minimum atomic E-state index is 0. The van der Waals surface area contributed by atoms with E-state index in [-0.39, 0.29) is 24.0 Å². The Labute approximate surface area is 131 Å². The second-order valence-corrected chi connectivity index (χ2v) is 5.12. The second-order valence-electron chi connectivity index (χ2n) is 5.12. The summed E-state index contributed by atoms with van der Waals surface area (Å²) in [6.45, 7) is 5.83. The molecule has 1 aliphatic carbocycles. The van der Waals surface area contributed by atoms with Gasteiger partial charge >= 0.3 is 0 Å². The predicted octanol–water partition coefficient (Wildman–Crippen LogP) is 2.49. The Morgan fingerprint density at radius 2 is 2.21 bits per heavy atom. The standard InChI is InChI=1S/C13H22N4O.HI/c1-9(2)12-6-11(18-17-12)8-16-13(14-3)15-7-10-4-5-10;/h6,9-10H,4-5,7-8H2,1-3H3,(H2,14,15,16);1H. The average molecular weight is 378 g/mol. The molecule has 0 amide bonds. The molecule has 1 aromatic heterocycles. The fraction of sp³-hybridized carbons (Fsp3) is 0.692. The van der Waals surface area contributed by atoms with Crippen molar-refractivity contribution in [3.63, 3.8) is 0 Å². The quantitative estimate of drug-likeness (QED) is 0.470. The van der Waals surface area contributed by atoms with Gasteiger partial charge in [-0.2, -0.15) is 0 Å². The van der Waals surface area contributed by atoms with Gasteiger partial charge < -0.3 is 15.2 Å². The molecule has 0 aromatic carbocycles. The lowest BCUT2D eigenvalue weighted by Crippen LogP contribution is -2.37. The van der Waals surface area contributed by atoms with E-state index in [4.69, 9.17) is 4.52 Å². The molecule has 19 heavy (non-hydrogen) atoms. The van der Waals surface area contributed by atoms with Crippen LogP contribution in [0.5, 0.6) is 0 Å². The summed E-state index contributed by atoms with van der Waals surface area (Å²) >= 11 is 0. The Bertz CT molecular complexity index is 413. The highest BCUT2D eigenvalue weighted by molar-refractivity contribution is 14.0. The zero-order valence-electron chi connectivity index (χ0n) is 11.8. The van der Waals surface area contributed by atoms with Gasteiger partial charge in [0.1, 0.15) is 0 Å². The molecule has 0 bridgehead atoms. The van der Waals surface area contributed by atoms with Crippen LogP contribution in [-0.2, 0) is 6.54 Å². The molecule has 1 heterocycles. The average Bonchev–Trinajstić information content (AvgIpc) is 3.05. The summed E-state index contributed by atoms with van der Waals surface area (Å²) in [6.07, 6.45) is 2.67. The Balaban J connectivity index is 0.00000180. The maximum absolute atomic E-state index is 5.26. The zero-order chi connectivity index (χ0) is 13.0. The molecular weight excluding hydrogens is 355 g/mol. The van der Waals surface area contributed by atoms with Crippen molar-refractivity contribution >= 4 is 29.9 Å². The normalized spacial score (nSPS) is 15.3. The monoisotopic (exact) mass is 378 g/mol. The van der Waals surface area contributed by atoms with E-state index >= 15 is 0 Å².